The summed E-state index contributed by atoms with van der Waals surface area (Å²) in [5.74, 6) is 0.934. The minimum atomic E-state index is 0.0245. The van der Waals surface area contributed by atoms with Crippen LogP contribution >= 0.6 is 12.2 Å². The molecule has 0 amide bonds. The Hall–Kier alpha value is -2.41. The fourth-order valence-electron chi connectivity index (χ4n) is 4.31. The molecule has 1 fully saturated rings. The van der Waals surface area contributed by atoms with Gasteiger partial charge >= 0.3 is 0 Å². The molecule has 32 heavy (non-hydrogen) atoms. The highest BCUT2D eigenvalue weighted by Crippen LogP contribution is 2.29. The van der Waals surface area contributed by atoms with Crippen LogP contribution in [0.3, 0.4) is 0 Å². The van der Waals surface area contributed by atoms with Gasteiger partial charge in [0.2, 0.25) is 0 Å². The van der Waals surface area contributed by atoms with E-state index in [0.29, 0.717) is 0 Å². The van der Waals surface area contributed by atoms with E-state index in [9.17, 15) is 0 Å². The van der Waals surface area contributed by atoms with Gasteiger partial charge in [0.15, 0.2) is 5.11 Å². The Morgan fingerprint density at radius 1 is 1.09 bits per heavy atom. The molecule has 1 saturated heterocycles. The number of aryl methyl sites for hydroxylation is 2. The lowest BCUT2D eigenvalue weighted by Gasteiger charge is -2.33. The number of para-hydroxylation sites is 2. The van der Waals surface area contributed by atoms with Gasteiger partial charge in [0.1, 0.15) is 11.3 Å². The van der Waals surface area contributed by atoms with Gasteiger partial charge in [0, 0.05) is 37.3 Å². The number of nitrogens with one attached hydrogen (secondary N) is 1. The SMILES string of the molecule is Cc1cccc(C)c1NC(=S)N(CCCN1CCOCC1)C(C)c1cc2ccccc2o1. The first-order chi connectivity index (χ1) is 15.5. The summed E-state index contributed by atoms with van der Waals surface area (Å²) in [6.07, 6.45) is 1.03. The maximum atomic E-state index is 6.20. The molecule has 2 aromatic carbocycles. The van der Waals surface area contributed by atoms with E-state index >= 15 is 0 Å². The van der Waals surface area contributed by atoms with E-state index in [-0.39, 0.29) is 6.04 Å². The third-order valence-corrected chi connectivity index (χ3v) is 6.61. The molecule has 3 aromatic rings. The zero-order valence-corrected chi connectivity index (χ0v) is 20.1. The lowest BCUT2D eigenvalue weighted by molar-refractivity contribution is 0.0365. The third kappa shape index (κ3) is 5.31. The highest BCUT2D eigenvalue weighted by molar-refractivity contribution is 7.80. The summed E-state index contributed by atoms with van der Waals surface area (Å²) < 4.78 is 11.7. The van der Waals surface area contributed by atoms with Crippen LogP contribution in [-0.2, 0) is 4.74 Å². The molecular weight excluding hydrogens is 418 g/mol. The highest BCUT2D eigenvalue weighted by atomic mass is 32.1. The molecule has 1 atom stereocenters. The maximum Gasteiger partial charge on any atom is 0.174 e. The number of benzene rings is 2. The van der Waals surface area contributed by atoms with E-state index in [1.165, 1.54) is 11.1 Å². The quantitative estimate of drug-likeness (QED) is 0.476. The average Bonchev–Trinajstić information content (AvgIpc) is 3.24. The van der Waals surface area contributed by atoms with Crippen molar-refractivity contribution in [2.75, 3.05) is 44.7 Å². The number of hydrogen-bond acceptors (Lipinski definition) is 4. The predicted molar refractivity (Wildman–Crippen MR) is 135 cm³/mol. The van der Waals surface area contributed by atoms with Crippen LogP contribution < -0.4 is 5.32 Å². The topological polar surface area (TPSA) is 40.9 Å². The fraction of sp³-hybridized carbons (Fsp3) is 0.423. The van der Waals surface area contributed by atoms with Crippen LogP contribution in [-0.4, -0.2) is 54.3 Å². The van der Waals surface area contributed by atoms with Crippen molar-refractivity contribution in [1.82, 2.24) is 9.80 Å². The van der Waals surface area contributed by atoms with E-state index in [1.807, 2.05) is 18.2 Å². The molecule has 4 rings (SSSR count). The fourth-order valence-corrected chi connectivity index (χ4v) is 4.66. The van der Waals surface area contributed by atoms with E-state index in [1.54, 1.807) is 0 Å². The van der Waals surface area contributed by atoms with Crippen LogP contribution in [0.15, 0.2) is 52.9 Å². The van der Waals surface area contributed by atoms with Gasteiger partial charge < -0.3 is 19.4 Å². The second-order valence-electron chi connectivity index (χ2n) is 8.56. The van der Waals surface area contributed by atoms with Gasteiger partial charge in [-0.1, -0.05) is 36.4 Å². The number of rotatable bonds is 7. The van der Waals surface area contributed by atoms with Crippen LogP contribution in [0.2, 0.25) is 0 Å². The number of nitrogens with zero attached hydrogens (tertiary/aromatic N) is 2. The van der Waals surface area contributed by atoms with Gasteiger partial charge in [-0.05, 0) is 62.7 Å². The molecule has 2 heterocycles. The van der Waals surface area contributed by atoms with Crippen molar-refractivity contribution < 1.29 is 9.15 Å². The van der Waals surface area contributed by atoms with Crippen molar-refractivity contribution in [2.45, 2.75) is 33.2 Å². The Labute approximate surface area is 196 Å². The number of fused-ring (bicyclic) bond motifs is 1. The summed E-state index contributed by atoms with van der Waals surface area (Å²) in [7, 11) is 0. The Morgan fingerprint density at radius 2 is 1.81 bits per heavy atom. The molecule has 170 valence electrons. The molecule has 1 N–H and O–H groups in total. The van der Waals surface area contributed by atoms with Crippen molar-refractivity contribution in [2.24, 2.45) is 0 Å². The molecule has 5 nitrogen and oxygen atoms in total. The smallest absolute Gasteiger partial charge is 0.174 e. The van der Waals surface area contributed by atoms with Gasteiger partial charge in [-0.15, -0.1) is 0 Å². The summed E-state index contributed by atoms with van der Waals surface area (Å²) in [4.78, 5) is 4.73. The molecule has 6 heteroatoms. The van der Waals surface area contributed by atoms with Crippen molar-refractivity contribution in [3.05, 3.63) is 65.4 Å². The summed E-state index contributed by atoms with van der Waals surface area (Å²) in [5, 5.41) is 5.39. The Kier molecular flexibility index (Phi) is 7.45. The monoisotopic (exact) mass is 451 g/mol. The van der Waals surface area contributed by atoms with Crippen molar-refractivity contribution >= 4 is 34.0 Å². The zero-order chi connectivity index (χ0) is 22.5. The van der Waals surface area contributed by atoms with Crippen LogP contribution in [0.1, 0.15) is 36.3 Å². The second-order valence-corrected chi connectivity index (χ2v) is 8.95. The number of anilines is 1. The van der Waals surface area contributed by atoms with Gasteiger partial charge in [-0.25, -0.2) is 0 Å². The lowest BCUT2D eigenvalue weighted by Crippen LogP contribution is -2.41. The predicted octanol–water partition coefficient (Wildman–Crippen LogP) is 5.53. The van der Waals surface area contributed by atoms with E-state index in [4.69, 9.17) is 21.4 Å². The first-order valence-electron chi connectivity index (χ1n) is 11.5. The number of ether oxygens (including phenoxy) is 1. The van der Waals surface area contributed by atoms with Crippen molar-refractivity contribution in [3.63, 3.8) is 0 Å². The molecule has 1 aliphatic rings. The molecular formula is C26H33N3O2S. The first kappa shape index (κ1) is 22.8. The summed E-state index contributed by atoms with van der Waals surface area (Å²) in [5.41, 5.74) is 4.39. The van der Waals surface area contributed by atoms with Crippen molar-refractivity contribution in [3.8, 4) is 0 Å². The Balaban J connectivity index is 1.52. The largest absolute Gasteiger partial charge is 0.459 e. The van der Waals surface area contributed by atoms with Crippen LogP contribution in [0.25, 0.3) is 11.0 Å². The van der Waals surface area contributed by atoms with Crippen LogP contribution in [0, 0.1) is 13.8 Å². The Morgan fingerprint density at radius 3 is 2.53 bits per heavy atom. The Bertz CT molecular complexity index is 1000. The van der Waals surface area contributed by atoms with Gasteiger partial charge in [-0.2, -0.15) is 0 Å². The minimum Gasteiger partial charge on any atom is -0.459 e. The first-order valence-corrected chi connectivity index (χ1v) is 11.9. The van der Waals surface area contributed by atoms with Gasteiger partial charge in [0.25, 0.3) is 0 Å². The minimum absolute atomic E-state index is 0.0245. The van der Waals surface area contributed by atoms with Gasteiger partial charge in [0.05, 0.1) is 19.3 Å². The van der Waals surface area contributed by atoms with E-state index < -0.39 is 0 Å². The number of thiocarbonyl (C=S) groups is 1. The van der Waals surface area contributed by atoms with Crippen molar-refractivity contribution in [1.29, 1.82) is 0 Å². The molecule has 1 unspecified atom stereocenters. The van der Waals surface area contributed by atoms with E-state index in [0.717, 1.165) is 73.3 Å². The maximum absolute atomic E-state index is 6.20. The summed E-state index contributed by atoms with van der Waals surface area (Å²) in [6.45, 7) is 12.0. The third-order valence-electron chi connectivity index (χ3n) is 6.27. The van der Waals surface area contributed by atoms with Crippen LogP contribution in [0.4, 0.5) is 5.69 Å². The lowest BCUT2D eigenvalue weighted by atomic mass is 10.1. The summed E-state index contributed by atoms with van der Waals surface area (Å²) >= 11 is 5.94. The molecule has 0 radical (unpaired) electrons. The average molecular weight is 452 g/mol. The molecule has 0 saturated carbocycles. The normalized spacial score (nSPS) is 15.6. The number of furan rings is 1. The standard InChI is InChI=1S/C26H33N3O2S/c1-19-8-6-9-20(2)25(19)27-26(32)29(13-7-12-28-14-16-30-17-15-28)21(3)24-18-22-10-4-5-11-23(22)31-24/h4-6,8-11,18,21H,7,12-17H2,1-3H3,(H,27,32). The molecule has 1 aliphatic heterocycles. The zero-order valence-electron chi connectivity index (χ0n) is 19.3. The molecule has 0 bridgehead atoms. The van der Waals surface area contributed by atoms with Gasteiger partial charge in [-0.3, -0.25) is 4.90 Å². The number of hydrogen-bond donors (Lipinski definition) is 1. The second kappa shape index (κ2) is 10.5. The molecule has 0 spiro atoms. The summed E-state index contributed by atoms with van der Waals surface area (Å²) in [6, 6.07) is 16.6. The number of morpholine rings is 1. The molecule has 1 aromatic heterocycles. The van der Waals surface area contributed by atoms with Crippen LogP contribution in [0.5, 0.6) is 0 Å². The van der Waals surface area contributed by atoms with E-state index in [2.05, 4.69) is 66.2 Å². The molecule has 0 aliphatic carbocycles. The highest BCUT2D eigenvalue weighted by Gasteiger charge is 2.23.